The van der Waals surface area contributed by atoms with Gasteiger partial charge in [-0.25, -0.2) is 0 Å². The molecule has 0 aliphatic heterocycles. The van der Waals surface area contributed by atoms with Crippen LogP contribution in [0.5, 0.6) is 0 Å². The van der Waals surface area contributed by atoms with Crippen LogP contribution in [0.25, 0.3) is 43.1 Å². The molecule has 90 valence electrons. The fourth-order valence-corrected chi connectivity index (χ4v) is 3.41. The molecule has 5 aromatic rings. The normalized spacial score (nSPS) is 12.0. The summed E-state index contributed by atoms with van der Waals surface area (Å²) in [7, 11) is 0. The van der Waals surface area contributed by atoms with E-state index in [4.69, 9.17) is 0 Å². The fourth-order valence-electron chi connectivity index (χ4n) is 3.41. The summed E-state index contributed by atoms with van der Waals surface area (Å²) in [5.41, 5.74) is 0. The number of rotatable bonds is 0. The molecule has 0 spiro atoms. The molecule has 0 heterocycles. The van der Waals surface area contributed by atoms with Crippen molar-refractivity contribution in [2.24, 2.45) is 0 Å². The van der Waals surface area contributed by atoms with Crippen LogP contribution in [0.3, 0.4) is 0 Å². The summed E-state index contributed by atoms with van der Waals surface area (Å²) in [6, 6.07) is 28.1. The molecule has 0 unspecified atom stereocenters. The molecule has 0 bridgehead atoms. The van der Waals surface area contributed by atoms with Crippen LogP contribution >= 0.6 is 0 Å². The van der Waals surface area contributed by atoms with E-state index in [1.54, 1.807) is 0 Å². The van der Waals surface area contributed by atoms with Gasteiger partial charge in [-0.15, -0.1) is 0 Å². The first-order valence-corrected chi connectivity index (χ1v) is 6.81. The van der Waals surface area contributed by atoms with Crippen molar-refractivity contribution in [1.29, 1.82) is 0 Å². The van der Waals surface area contributed by atoms with E-state index in [1.165, 1.54) is 43.1 Å². The monoisotopic (exact) mass is 250 g/mol. The van der Waals surface area contributed by atoms with Crippen LogP contribution < -0.4 is 0 Å². The van der Waals surface area contributed by atoms with Crippen LogP contribution in [0.1, 0.15) is 0 Å². The summed E-state index contributed by atoms with van der Waals surface area (Å²) in [4.78, 5) is 0. The Morgan fingerprint density at radius 1 is 0.600 bits per heavy atom. The van der Waals surface area contributed by atoms with Gasteiger partial charge in [0.05, 0.1) is 0 Å². The predicted molar refractivity (Wildman–Crippen MR) is 85.3 cm³/mol. The Bertz CT molecular complexity index is 917. The lowest BCUT2D eigenvalue weighted by Gasteiger charge is -2.13. The van der Waals surface area contributed by atoms with Crippen molar-refractivity contribution < 1.29 is 0 Å². The van der Waals surface area contributed by atoms with Crippen molar-refractivity contribution in [3.05, 3.63) is 72.8 Å². The molecule has 0 heteroatoms. The maximum absolute atomic E-state index is 3.43. The van der Waals surface area contributed by atoms with Crippen LogP contribution in [-0.2, 0) is 0 Å². The SMILES string of the molecule is [c]1ccc2c3cccc4cccc(c5[c]ccc1c52)c43. The highest BCUT2D eigenvalue weighted by molar-refractivity contribution is 6.32. The number of benzene rings is 5. The molecule has 0 nitrogen and oxygen atoms in total. The lowest BCUT2D eigenvalue weighted by atomic mass is 9.90. The smallest absolute Gasteiger partial charge is 0.00137 e. The maximum atomic E-state index is 3.43. The van der Waals surface area contributed by atoms with Gasteiger partial charge in [-0.2, -0.15) is 0 Å². The Morgan fingerprint density at radius 3 is 2.25 bits per heavy atom. The minimum Gasteiger partial charge on any atom is -0.0610 e. The van der Waals surface area contributed by atoms with Gasteiger partial charge in [-0.05, 0) is 55.2 Å². The zero-order valence-corrected chi connectivity index (χ0v) is 10.8. The molecule has 0 amide bonds. The van der Waals surface area contributed by atoms with E-state index < -0.39 is 0 Å². The van der Waals surface area contributed by atoms with Gasteiger partial charge in [-0.3, -0.25) is 0 Å². The highest BCUT2D eigenvalue weighted by atomic mass is 14.1. The highest BCUT2D eigenvalue weighted by Crippen LogP contribution is 2.39. The molecule has 2 radical (unpaired) electrons. The first-order chi connectivity index (χ1) is 9.93. The predicted octanol–water partition coefficient (Wildman–Crippen LogP) is 5.34. The third-order valence-corrected chi connectivity index (χ3v) is 4.22. The van der Waals surface area contributed by atoms with Crippen LogP contribution in [-0.4, -0.2) is 0 Å². The van der Waals surface area contributed by atoms with E-state index in [0.717, 1.165) is 0 Å². The van der Waals surface area contributed by atoms with Gasteiger partial charge >= 0.3 is 0 Å². The van der Waals surface area contributed by atoms with Gasteiger partial charge < -0.3 is 0 Å². The molecule has 0 saturated heterocycles. The van der Waals surface area contributed by atoms with E-state index in [9.17, 15) is 0 Å². The van der Waals surface area contributed by atoms with Gasteiger partial charge in [-0.1, -0.05) is 60.7 Å². The van der Waals surface area contributed by atoms with Crippen LogP contribution in [0.15, 0.2) is 60.7 Å². The third-order valence-electron chi connectivity index (χ3n) is 4.22. The van der Waals surface area contributed by atoms with Crippen molar-refractivity contribution in [1.82, 2.24) is 0 Å². The van der Waals surface area contributed by atoms with Gasteiger partial charge in [0.25, 0.3) is 0 Å². The molecular formula is C20H10. The molecule has 0 aromatic heterocycles. The highest BCUT2D eigenvalue weighted by Gasteiger charge is 2.11. The second-order valence-corrected chi connectivity index (χ2v) is 5.24. The summed E-state index contributed by atoms with van der Waals surface area (Å²) in [5, 5.41) is 10.2. The zero-order valence-electron chi connectivity index (χ0n) is 10.8. The zero-order chi connectivity index (χ0) is 13.1. The van der Waals surface area contributed by atoms with Crippen molar-refractivity contribution in [2.75, 3.05) is 0 Å². The average Bonchev–Trinajstić information content (AvgIpc) is 2.52. The summed E-state index contributed by atoms with van der Waals surface area (Å²) in [5.74, 6) is 0. The largest absolute Gasteiger partial charge is 0.0610 e. The van der Waals surface area contributed by atoms with Crippen molar-refractivity contribution in [3.63, 3.8) is 0 Å². The Labute approximate surface area is 116 Å². The van der Waals surface area contributed by atoms with Crippen molar-refractivity contribution in [2.45, 2.75) is 0 Å². The maximum Gasteiger partial charge on any atom is -0.00137 e. The molecular weight excluding hydrogens is 240 g/mol. The van der Waals surface area contributed by atoms with E-state index in [-0.39, 0.29) is 0 Å². The molecule has 5 rings (SSSR count). The Kier molecular flexibility index (Phi) is 1.78. The van der Waals surface area contributed by atoms with E-state index in [1.807, 2.05) is 12.1 Å². The van der Waals surface area contributed by atoms with Gasteiger partial charge in [0.2, 0.25) is 0 Å². The van der Waals surface area contributed by atoms with Crippen LogP contribution in [0.2, 0.25) is 0 Å². The van der Waals surface area contributed by atoms with Crippen molar-refractivity contribution >= 4 is 43.1 Å². The second-order valence-electron chi connectivity index (χ2n) is 5.24. The fraction of sp³-hybridized carbons (Fsp3) is 0. The van der Waals surface area contributed by atoms with Crippen molar-refractivity contribution in [3.8, 4) is 0 Å². The number of hydrogen-bond donors (Lipinski definition) is 0. The third kappa shape index (κ3) is 1.12. The van der Waals surface area contributed by atoms with Gasteiger partial charge in [0.1, 0.15) is 0 Å². The topological polar surface area (TPSA) is 0 Å². The summed E-state index contributed by atoms with van der Waals surface area (Å²) >= 11 is 0. The molecule has 0 fully saturated rings. The minimum atomic E-state index is 1.17. The number of hydrogen-bond acceptors (Lipinski definition) is 0. The average molecular weight is 250 g/mol. The second kappa shape index (κ2) is 3.49. The molecule has 0 aliphatic carbocycles. The van der Waals surface area contributed by atoms with E-state index in [0.29, 0.717) is 0 Å². The molecule has 20 heavy (non-hydrogen) atoms. The standard InChI is InChI=1S/C20H10/c1-5-13-6-2-11-17-18-12-4-8-14-7-3-10-16(20(14)18)15(9-1)19(13)17/h1-7,9,11-12H. The molecule has 5 aromatic carbocycles. The summed E-state index contributed by atoms with van der Waals surface area (Å²) in [6.07, 6.45) is 0. The Morgan fingerprint density at radius 2 is 1.35 bits per heavy atom. The lowest BCUT2D eigenvalue weighted by Crippen LogP contribution is -1.86. The molecule has 0 atom stereocenters. The quantitative estimate of drug-likeness (QED) is 0.257. The lowest BCUT2D eigenvalue weighted by molar-refractivity contribution is 1.77. The first-order valence-electron chi connectivity index (χ1n) is 6.81. The molecule has 0 aliphatic rings. The van der Waals surface area contributed by atoms with E-state index in [2.05, 4.69) is 60.7 Å². The Balaban J connectivity index is 2.32. The molecule has 0 saturated carbocycles. The summed E-state index contributed by atoms with van der Waals surface area (Å²) in [6.45, 7) is 0. The summed E-state index contributed by atoms with van der Waals surface area (Å²) < 4.78 is 0. The first kappa shape index (κ1) is 10.2. The number of fused-ring (bicyclic) bond motifs is 2. The van der Waals surface area contributed by atoms with E-state index >= 15 is 0 Å². The minimum absolute atomic E-state index is 1.17. The molecule has 0 N–H and O–H groups in total. The van der Waals surface area contributed by atoms with Crippen LogP contribution in [0, 0.1) is 12.1 Å². The van der Waals surface area contributed by atoms with Gasteiger partial charge in [0, 0.05) is 0 Å². The Hall–Kier alpha value is -2.60. The van der Waals surface area contributed by atoms with Crippen LogP contribution in [0.4, 0.5) is 0 Å². The van der Waals surface area contributed by atoms with Gasteiger partial charge in [0.15, 0.2) is 0 Å².